The summed E-state index contributed by atoms with van der Waals surface area (Å²) in [6.07, 6.45) is 5.47. The van der Waals surface area contributed by atoms with E-state index in [4.69, 9.17) is 5.73 Å². The summed E-state index contributed by atoms with van der Waals surface area (Å²) in [7, 11) is 0. The van der Waals surface area contributed by atoms with Crippen molar-refractivity contribution in [2.75, 3.05) is 0 Å². The molecule has 0 aromatic heterocycles. The monoisotopic (exact) mass is 153 g/mol. The molecule has 4 aliphatic carbocycles. The van der Waals surface area contributed by atoms with Crippen molar-refractivity contribution in [3.63, 3.8) is 0 Å². The number of hydrogen-bond donors (Lipinski definition) is 2. The average Bonchev–Trinajstić information content (AvgIpc) is 2.07. The van der Waals surface area contributed by atoms with Crippen LogP contribution in [0.4, 0.5) is 0 Å². The summed E-state index contributed by atoms with van der Waals surface area (Å²) in [4.78, 5) is 0. The number of nitrogens with two attached hydrogens (primary N) is 1. The Morgan fingerprint density at radius 2 is 1.64 bits per heavy atom. The van der Waals surface area contributed by atoms with Crippen LogP contribution in [-0.2, 0) is 0 Å². The highest BCUT2D eigenvalue weighted by atomic mass is 16.3. The maximum absolute atomic E-state index is 10.2. The topological polar surface area (TPSA) is 46.2 Å². The van der Waals surface area contributed by atoms with Crippen LogP contribution in [0, 0.1) is 11.8 Å². The molecule has 4 atom stereocenters. The Morgan fingerprint density at radius 3 is 2.00 bits per heavy atom. The largest absolute Gasteiger partial charge is 0.388 e. The summed E-state index contributed by atoms with van der Waals surface area (Å²) in [5, 5.41) is 10.2. The number of rotatable bonds is 0. The molecule has 0 heterocycles. The van der Waals surface area contributed by atoms with E-state index in [0.717, 1.165) is 37.5 Å². The van der Waals surface area contributed by atoms with Crippen molar-refractivity contribution in [2.45, 2.75) is 43.2 Å². The second kappa shape index (κ2) is 1.50. The van der Waals surface area contributed by atoms with Crippen LogP contribution in [0.1, 0.15) is 32.1 Å². The first-order valence-electron chi connectivity index (χ1n) is 4.63. The molecule has 4 fully saturated rings. The fourth-order valence-corrected chi connectivity index (χ4v) is 3.89. The molecule has 0 saturated heterocycles. The van der Waals surface area contributed by atoms with Crippen LogP contribution in [0.25, 0.3) is 0 Å². The van der Waals surface area contributed by atoms with Gasteiger partial charge >= 0.3 is 0 Å². The Kier molecular flexibility index (Phi) is 0.879. The average molecular weight is 153 g/mol. The predicted molar refractivity (Wildman–Crippen MR) is 41.9 cm³/mol. The normalized spacial score (nSPS) is 66.0. The Bertz CT molecular complexity index is 180. The Labute approximate surface area is 66.8 Å². The first-order valence-corrected chi connectivity index (χ1v) is 4.63. The van der Waals surface area contributed by atoms with E-state index >= 15 is 0 Å². The van der Waals surface area contributed by atoms with E-state index < -0.39 is 5.60 Å². The van der Waals surface area contributed by atoms with Crippen molar-refractivity contribution >= 4 is 0 Å². The fraction of sp³-hybridized carbons (Fsp3) is 1.00. The molecule has 2 heteroatoms. The summed E-state index contributed by atoms with van der Waals surface area (Å²) >= 11 is 0. The molecular weight excluding hydrogens is 138 g/mol. The van der Waals surface area contributed by atoms with E-state index in [1.54, 1.807) is 0 Å². The smallest absolute Gasteiger partial charge is 0.0831 e. The van der Waals surface area contributed by atoms with Gasteiger partial charge in [-0.3, -0.25) is 0 Å². The van der Waals surface area contributed by atoms with Gasteiger partial charge in [0.15, 0.2) is 0 Å². The molecule has 4 aliphatic rings. The lowest BCUT2D eigenvalue weighted by Gasteiger charge is -2.32. The number of hydrogen-bond acceptors (Lipinski definition) is 2. The molecular formula is C9H15NO. The molecule has 4 saturated carbocycles. The van der Waals surface area contributed by atoms with Gasteiger partial charge in [0.2, 0.25) is 0 Å². The lowest BCUT2D eigenvalue weighted by Crippen LogP contribution is -2.52. The Hall–Kier alpha value is -0.0800. The molecule has 0 amide bonds. The molecule has 0 aromatic rings. The third-order valence-electron chi connectivity index (χ3n) is 4.15. The van der Waals surface area contributed by atoms with E-state index in [9.17, 15) is 5.11 Å². The zero-order chi connectivity index (χ0) is 7.69. The van der Waals surface area contributed by atoms with Gasteiger partial charge in [0.25, 0.3) is 0 Å². The van der Waals surface area contributed by atoms with Gasteiger partial charge < -0.3 is 10.8 Å². The molecule has 0 radical (unpaired) electrons. The van der Waals surface area contributed by atoms with Gasteiger partial charge in [0.1, 0.15) is 0 Å². The van der Waals surface area contributed by atoms with Crippen LogP contribution in [0.15, 0.2) is 0 Å². The van der Waals surface area contributed by atoms with Gasteiger partial charge in [-0.05, 0) is 43.9 Å². The molecule has 11 heavy (non-hydrogen) atoms. The van der Waals surface area contributed by atoms with Gasteiger partial charge in [0, 0.05) is 5.54 Å². The molecule has 62 valence electrons. The standard InChI is InChI=1S/C9H15NO/c10-8-2-6-1-7(3-8)5-9(8,11)4-6/h6-7,11H,1-5,10H2/t6-,7+,8?,9?. The Morgan fingerprint density at radius 1 is 1.09 bits per heavy atom. The van der Waals surface area contributed by atoms with Crippen molar-refractivity contribution in [3.8, 4) is 0 Å². The molecule has 0 aliphatic heterocycles. The van der Waals surface area contributed by atoms with Crippen molar-refractivity contribution < 1.29 is 5.11 Å². The first kappa shape index (κ1) is 6.44. The van der Waals surface area contributed by atoms with Gasteiger partial charge in [0.05, 0.1) is 5.60 Å². The van der Waals surface area contributed by atoms with Crippen molar-refractivity contribution in [3.05, 3.63) is 0 Å². The predicted octanol–water partition coefficient (Wildman–Crippen LogP) is 0.639. The fourth-order valence-electron chi connectivity index (χ4n) is 3.89. The van der Waals surface area contributed by atoms with Crippen molar-refractivity contribution in [1.29, 1.82) is 0 Å². The zero-order valence-electron chi connectivity index (χ0n) is 6.71. The van der Waals surface area contributed by atoms with E-state index in [-0.39, 0.29) is 5.54 Å². The van der Waals surface area contributed by atoms with E-state index in [1.807, 2.05) is 0 Å². The van der Waals surface area contributed by atoms with Crippen LogP contribution in [-0.4, -0.2) is 16.2 Å². The quantitative estimate of drug-likeness (QED) is 0.536. The molecule has 2 nitrogen and oxygen atoms in total. The first-order chi connectivity index (χ1) is 5.11. The SMILES string of the molecule is NC12C[C@H]3C[C@@H](C1)CC2(O)C3. The molecule has 0 aromatic carbocycles. The summed E-state index contributed by atoms with van der Waals surface area (Å²) in [5.74, 6) is 1.50. The summed E-state index contributed by atoms with van der Waals surface area (Å²) < 4.78 is 0. The highest BCUT2D eigenvalue weighted by molar-refractivity contribution is 5.20. The lowest BCUT2D eigenvalue weighted by molar-refractivity contribution is -0.00138. The summed E-state index contributed by atoms with van der Waals surface area (Å²) in [5.41, 5.74) is 5.53. The third-order valence-corrected chi connectivity index (χ3v) is 4.15. The zero-order valence-corrected chi connectivity index (χ0v) is 6.71. The van der Waals surface area contributed by atoms with E-state index in [1.165, 1.54) is 6.42 Å². The van der Waals surface area contributed by atoms with Crippen LogP contribution in [0.2, 0.25) is 0 Å². The van der Waals surface area contributed by atoms with Crippen LogP contribution < -0.4 is 5.73 Å². The van der Waals surface area contributed by atoms with E-state index in [2.05, 4.69) is 0 Å². The molecule has 2 unspecified atom stereocenters. The third kappa shape index (κ3) is 0.574. The van der Waals surface area contributed by atoms with Crippen LogP contribution in [0.5, 0.6) is 0 Å². The van der Waals surface area contributed by atoms with Crippen LogP contribution in [0.3, 0.4) is 0 Å². The number of aliphatic hydroxyl groups is 1. The maximum atomic E-state index is 10.2. The summed E-state index contributed by atoms with van der Waals surface area (Å²) in [6.45, 7) is 0. The second-order valence-corrected chi connectivity index (χ2v) is 4.97. The highest BCUT2D eigenvalue weighted by Crippen LogP contribution is 2.61. The lowest BCUT2D eigenvalue weighted by atomic mass is 9.81. The van der Waals surface area contributed by atoms with Crippen molar-refractivity contribution in [2.24, 2.45) is 17.6 Å². The van der Waals surface area contributed by atoms with Crippen LogP contribution >= 0.6 is 0 Å². The molecule has 0 spiro atoms. The van der Waals surface area contributed by atoms with Gasteiger partial charge in [-0.1, -0.05) is 0 Å². The maximum Gasteiger partial charge on any atom is 0.0831 e. The minimum atomic E-state index is -0.458. The van der Waals surface area contributed by atoms with E-state index in [0.29, 0.717) is 0 Å². The van der Waals surface area contributed by atoms with Crippen molar-refractivity contribution in [1.82, 2.24) is 0 Å². The Balaban J connectivity index is 2.10. The molecule has 4 rings (SSSR count). The summed E-state index contributed by atoms with van der Waals surface area (Å²) in [6, 6.07) is 0. The van der Waals surface area contributed by atoms with Gasteiger partial charge in [-0.2, -0.15) is 0 Å². The van der Waals surface area contributed by atoms with Gasteiger partial charge in [-0.15, -0.1) is 0 Å². The van der Waals surface area contributed by atoms with Gasteiger partial charge in [-0.25, -0.2) is 0 Å². The molecule has 3 N–H and O–H groups in total. The highest BCUT2D eigenvalue weighted by Gasteiger charge is 2.64. The second-order valence-electron chi connectivity index (χ2n) is 4.97. The minimum absolute atomic E-state index is 0.180. The molecule has 4 bridgehead atoms. The minimum Gasteiger partial charge on any atom is -0.388 e.